The lowest BCUT2D eigenvalue weighted by Crippen LogP contribution is -2.36. The Morgan fingerprint density at radius 1 is 1.35 bits per heavy atom. The van der Waals surface area contributed by atoms with Crippen molar-refractivity contribution in [1.29, 1.82) is 0 Å². The summed E-state index contributed by atoms with van der Waals surface area (Å²) in [7, 11) is 0. The second-order valence-corrected chi connectivity index (χ2v) is 5.17. The number of aromatic nitrogens is 2. The summed E-state index contributed by atoms with van der Waals surface area (Å²) in [5.41, 5.74) is 1.14. The first-order chi connectivity index (χ1) is 11.1. The Balaban J connectivity index is 1.67. The van der Waals surface area contributed by atoms with Gasteiger partial charge in [0.05, 0.1) is 12.1 Å². The van der Waals surface area contributed by atoms with Gasteiger partial charge in [-0.05, 0) is 18.6 Å². The zero-order valence-electron chi connectivity index (χ0n) is 12.5. The van der Waals surface area contributed by atoms with Gasteiger partial charge in [-0.3, -0.25) is 4.79 Å². The normalized spacial score (nSPS) is 18.4. The van der Waals surface area contributed by atoms with Crippen molar-refractivity contribution < 1.29 is 9.90 Å². The SMILES string of the molecule is CC(C(=O)NC1=C(O)NC(n2cccn2)N=C1)c1ccccc1. The van der Waals surface area contributed by atoms with E-state index in [1.807, 2.05) is 37.3 Å². The van der Waals surface area contributed by atoms with Crippen LogP contribution < -0.4 is 10.6 Å². The van der Waals surface area contributed by atoms with Crippen LogP contribution in [0.4, 0.5) is 0 Å². The molecule has 2 aromatic rings. The number of aliphatic hydroxyl groups is 1. The van der Waals surface area contributed by atoms with Crippen LogP contribution in [0.15, 0.2) is 65.4 Å². The summed E-state index contributed by atoms with van der Waals surface area (Å²) in [6, 6.07) is 11.2. The Bertz CT molecular complexity index is 737. The molecule has 1 amide bonds. The molecule has 1 aromatic carbocycles. The molecule has 2 heterocycles. The number of carbonyl (C=O) groups excluding carboxylic acids is 1. The maximum absolute atomic E-state index is 12.3. The van der Waals surface area contributed by atoms with E-state index in [-0.39, 0.29) is 23.4 Å². The fourth-order valence-corrected chi connectivity index (χ4v) is 2.23. The maximum Gasteiger partial charge on any atom is 0.231 e. The Morgan fingerprint density at radius 2 is 2.13 bits per heavy atom. The quantitative estimate of drug-likeness (QED) is 0.801. The van der Waals surface area contributed by atoms with E-state index in [1.54, 1.807) is 23.1 Å². The molecule has 0 radical (unpaired) electrons. The molecule has 7 heteroatoms. The van der Waals surface area contributed by atoms with Crippen molar-refractivity contribution in [2.24, 2.45) is 4.99 Å². The predicted octanol–water partition coefficient (Wildman–Crippen LogP) is 1.66. The van der Waals surface area contributed by atoms with E-state index in [4.69, 9.17) is 0 Å². The molecule has 2 atom stereocenters. The number of aliphatic imine (C=N–C) groups is 1. The fraction of sp³-hybridized carbons (Fsp3) is 0.188. The molecule has 2 unspecified atom stereocenters. The first-order valence-corrected chi connectivity index (χ1v) is 7.23. The molecule has 1 aliphatic heterocycles. The smallest absolute Gasteiger partial charge is 0.231 e. The molecule has 1 aromatic heterocycles. The van der Waals surface area contributed by atoms with E-state index in [0.29, 0.717) is 0 Å². The summed E-state index contributed by atoms with van der Waals surface area (Å²) in [6.07, 6.45) is 4.24. The third kappa shape index (κ3) is 3.23. The standard InChI is InChI=1S/C16H17N5O2/c1-11(12-6-3-2-4-7-12)14(22)19-13-10-17-16(20-15(13)23)21-9-5-8-18-21/h2-11,16,20,23H,1H3,(H,19,22). The van der Waals surface area contributed by atoms with Crippen LogP contribution >= 0.6 is 0 Å². The van der Waals surface area contributed by atoms with Crippen LogP contribution in [0, 0.1) is 0 Å². The van der Waals surface area contributed by atoms with Gasteiger partial charge >= 0.3 is 0 Å². The minimum Gasteiger partial charge on any atom is -0.493 e. The van der Waals surface area contributed by atoms with Crippen LogP contribution in [0.3, 0.4) is 0 Å². The molecule has 0 saturated heterocycles. The number of carbonyl (C=O) groups is 1. The minimum atomic E-state index is -0.530. The first-order valence-electron chi connectivity index (χ1n) is 7.23. The van der Waals surface area contributed by atoms with Gasteiger partial charge in [-0.15, -0.1) is 0 Å². The predicted molar refractivity (Wildman–Crippen MR) is 85.5 cm³/mol. The number of benzene rings is 1. The monoisotopic (exact) mass is 311 g/mol. The Labute approximate surface area is 133 Å². The van der Waals surface area contributed by atoms with Crippen molar-refractivity contribution >= 4 is 12.1 Å². The lowest BCUT2D eigenvalue weighted by atomic mass is 10.0. The largest absolute Gasteiger partial charge is 0.493 e. The van der Waals surface area contributed by atoms with Crippen molar-refractivity contribution in [3.63, 3.8) is 0 Å². The highest BCUT2D eigenvalue weighted by Crippen LogP contribution is 2.16. The average Bonchev–Trinajstić information content (AvgIpc) is 3.11. The van der Waals surface area contributed by atoms with Crippen molar-refractivity contribution in [3.8, 4) is 0 Å². The molecular weight excluding hydrogens is 294 g/mol. The summed E-state index contributed by atoms with van der Waals surface area (Å²) in [6.45, 7) is 1.81. The van der Waals surface area contributed by atoms with Crippen LogP contribution in [-0.2, 0) is 4.79 Å². The van der Waals surface area contributed by atoms with Gasteiger partial charge in [0.15, 0.2) is 0 Å². The van der Waals surface area contributed by atoms with E-state index in [9.17, 15) is 9.90 Å². The van der Waals surface area contributed by atoms with Crippen LogP contribution in [0.25, 0.3) is 0 Å². The molecule has 0 spiro atoms. The van der Waals surface area contributed by atoms with Gasteiger partial charge in [0.2, 0.25) is 18.1 Å². The van der Waals surface area contributed by atoms with E-state index in [1.165, 1.54) is 6.21 Å². The zero-order valence-corrected chi connectivity index (χ0v) is 12.5. The topological polar surface area (TPSA) is 91.5 Å². The van der Waals surface area contributed by atoms with Gasteiger partial charge in [0.25, 0.3) is 0 Å². The van der Waals surface area contributed by atoms with Crippen molar-refractivity contribution in [3.05, 3.63) is 65.9 Å². The summed E-state index contributed by atoms with van der Waals surface area (Å²) in [5, 5.41) is 19.6. The van der Waals surface area contributed by atoms with Gasteiger partial charge in [0.1, 0.15) is 5.70 Å². The van der Waals surface area contributed by atoms with E-state index >= 15 is 0 Å². The molecule has 1 aliphatic rings. The fourth-order valence-electron chi connectivity index (χ4n) is 2.23. The number of aliphatic hydroxyl groups excluding tert-OH is 1. The van der Waals surface area contributed by atoms with Crippen molar-refractivity contribution in [2.75, 3.05) is 0 Å². The number of allylic oxidation sites excluding steroid dienone is 1. The van der Waals surface area contributed by atoms with Crippen molar-refractivity contribution in [2.45, 2.75) is 19.1 Å². The molecule has 3 N–H and O–H groups in total. The van der Waals surface area contributed by atoms with Crippen LogP contribution in [-0.4, -0.2) is 27.0 Å². The highest BCUT2D eigenvalue weighted by molar-refractivity contribution is 5.91. The summed E-state index contributed by atoms with van der Waals surface area (Å²) < 4.78 is 1.55. The highest BCUT2D eigenvalue weighted by atomic mass is 16.3. The van der Waals surface area contributed by atoms with Gasteiger partial charge in [-0.25, -0.2) is 9.67 Å². The lowest BCUT2D eigenvalue weighted by Gasteiger charge is -2.22. The lowest BCUT2D eigenvalue weighted by molar-refractivity contribution is -0.121. The molecule has 118 valence electrons. The molecular formula is C16H17N5O2. The summed E-state index contributed by atoms with van der Waals surface area (Å²) >= 11 is 0. The van der Waals surface area contributed by atoms with Gasteiger partial charge in [0, 0.05) is 12.4 Å². The average molecular weight is 311 g/mol. The Hall–Kier alpha value is -3.09. The van der Waals surface area contributed by atoms with Gasteiger partial charge in [-0.2, -0.15) is 5.10 Å². The molecule has 23 heavy (non-hydrogen) atoms. The van der Waals surface area contributed by atoms with Gasteiger partial charge < -0.3 is 15.7 Å². The van der Waals surface area contributed by atoms with Gasteiger partial charge in [-0.1, -0.05) is 30.3 Å². The molecule has 0 bridgehead atoms. The Morgan fingerprint density at radius 3 is 2.78 bits per heavy atom. The summed E-state index contributed by atoms with van der Waals surface area (Å²) in [5.74, 6) is -0.702. The maximum atomic E-state index is 12.3. The summed E-state index contributed by atoms with van der Waals surface area (Å²) in [4.78, 5) is 16.5. The number of hydrogen-bond acceptors (Lipinski definition) is 5. The second-order valence-electron chi connectivity index (χ2n) is 5.17. The third-order valence-corrected chi connectivity index (χ3v) is 3.59. The zero-order chi connectivity index (χ0) is 16.2. The molecule has 3 rings (SSSR count). The number of amides is 1. The van der Waals surface area contributed by atoms with Crippen LogP contribution in [0.5, 0.6) is 0 Å². The number of rotatable bonds is 4. The third-order valence-electron chi connectivity index (χ3n) is 3.59. The highest BCUT2D eigenvalue weighted by Gasteiger charge is 2.21. The molecule has 0 aliphatic carbocycles. The first kappa shape index (κ1) is 14.8. The number of hydrogen-bond donors (Lipinski definition) is 3. The Kier molecular flexibility index (Phi) is 4.09. The minimum absolute atomic E-state index is 0.144. The van der Waals surface area contributed by atoms with Crippen LogP contribution in [0.1, 0.15) is 24.7 Å². The van der Waals surface area contributed by atoms with E-state index in [2.05, 4.69) is 20.7 Å². The molecule has 7 nitrogen and oxygen atoms in total. The van der Waals surface area contributed by atoms with E-state index in [0.717, 1.165) is 5.56 Å². The number of nitrogens with zero attached hydrogens (tertiary/aromatic N) is 3. The molecule has 0 fully saturated rings. The van der Waals surface area contributed by atoms with Crippen molar-refractivity contribution in [1.82, 2.24) is 20.4 Å². The van der Waals surface area contributed by atoms with Crippen LogP contribution in [0.2, 0.25) is 0 Å². The molecule has 0 saturated carbocycles. The second kappa shape index (κ2) is 6.35. The number of nitrogens with one attached hydrogen (secondary N) is 2. The van der Waals surface area contributed by atoms with E-state index < -0.39 is 6.29 Å².